The number of ether oxygens (including phenoxy) is 1. The van der Waals surface area contributed by atoms with Crippen LogP contribution in [-0.4, -0.2) is 37.7 Å². The second-order valence-corrected chi connectivity index (χ2v) is 6.09. The van der Waals surface area contributed by atoms with Crippen LogP contribution in [0.5, 0.6) is 5.75 Å². The van der Waals surface area contributed by atoms with Gasteiger partial charge in [0.05, 0.1) is 0 Å². The van der Waals surface area contributed by atoms with Gasteiger partial charge in [-0.05, 0) is 58.6 Å². The van der Waals surface area contributed by atoms with Crippen molar-refractivity contribution >= 4 is 0 Å². The third-order valence-corrected chi connectivity index (χ3v) is 3.92. The molecule has 0 heterocycles. The van der Waals surface area contributed by atoms with E-state index in [1.807, 2.05) is 6.07 Å². The molecule has 114 valence electrons. The quantitative estimate of drug-likeness (QED) is 0.788. The zero-order valence-electron chi connectivity index (χ0n) is 13.9. The highest BCUT2D eigenvalue weighted by Crippen LogP contribution is 2.22. The molecule has 0 spiro atoms. The smallest absolute Gasteiger partial charge is 0.119 e. The molecule has 0 fully saturated rings. The van der Waals surface area contributed by atoms with Crippen molar-refractivity contribution in [1.29, 1.82) is 0 Å². The van der Waals surface area contributed by atoms with Gasteiger partial charge in [-0.1, -0.05) is 26.0 Å². The zero-order valence-corrected chi connectivity index (χ0v) is 13.9. The van der Waals surface area contributed by atoms with Crippen molar-refractivity contribution in [2.24, 2.45) is 0 Å². The van der Waals surface area contributed by atoms with Crippen LogP contribution in [0, 0.1) is 0 Å². The predicted octanol–water partition coefficient (Wildman–Crippen LogP) is 3.47. The summed E-state index contributed by atoms with van der Waals surface area (Å²) in [5, 5.41) is 3.50. The Bertz CT molecular complexity index is 402. The van der Waals surface area contributed by atoms with Crippen molar-refractivity contribution < 1.29 is 4.74 Å². The van der Waals surface area contributed by atoms with Crippen molar-refractivity contribution in [2.45, 2.75) is 45.7 Å². The first kappa shape index (κ1) is 17.0. The Morgan fingerprint density at radius 3 is 2.50 bits per heavy atom. The van der Waals surface area contributed by atoms with Crippen LogP contribution in [0.15, 0.2) is 24.3 Å². The van der Waals surface area contributed by atoms with E-state index < -0.39 is 0 Å². The van der Waals surface area contributed by atoms with Gasteiger partial charge >= 0.3 is 0 Å². The number of rotatable bonds is 8. The van der Waals surface area contributed by atoms with Crippen molar-refractivity contribution in [3.63, 3.8) is 0 Å². The Labute approximate surface area is 124 Å². The second-order valence-electron chi connectivity index (χ2n) is 6.09. The summed E-state index contributed by atoms with van der Waals surface area (Å²) in [5.74, 6) is 0.953. The number of nitrogens with zero attached hydrogens (tertiary/aromatic N) is 1. The van der Waals surface area contributed by atoms with Gasteiger partial charge in [-0.25, -0.2) is 0 Å². The van der Waals surface area contributed by atoms with E-state index in [1.165, 1.54) is 5.56 Å². The number of hydrogen-bond donors (Lipinski definition) is 1. The SMILES string of the molecule is CCNC(CC)c1cccc(OCC(C)(C)N(C)C)c1. The molecule has 1 aromatic carbocycles. The maximum absolute atomic E-state index is 5.98. The van der Waals surface area contributed by atoms with E-state index in [1.54, 1.807) is 0 Å². The fourth-order valence-electron chi connectivity index (χ4n) is 1.95. The minimum Gasteiger partial charge on any atom is -0.492 e. The molecule has 1 unspecified atom stereocenters. The van der Waals surface area contributed by atoms with Crippen LogP contribution in [0.4, 0.5) is 0 Å². The second kappa shape index (κ2) is 7.65. The molecular weight excluding hydrogens is 248 g/mol. The lowest BCUT2D eigenvalue weighted by Crippen LogP contribution is -2.43. The van der Waals surface area contributed by atoms with Crippen molar-refractivity contribution in [2.75, 3.05) is 27.2 Å². The first-order chi connectivity index (χ1) is 9.40. The van der Waals surface area contributed by atoms with Crippen molar-refractivity contribution in [3.05, 3.63) is 29.8 Å². The summed E-state index contributed by atoms with van der Waals surface area (Å²) in [6, 6.07) is 8.84. The number of nitrogens with one attached hydrogen (secondary N) is 1. The summed E-state index contributed by atoms with van der Waals surface area (Å²) in [6.07, 6.45) is 1.08. The van der Waals surface area contributed by atoms with Crippen LogP contribution >= 0.6 is 0 Å². The van der Waals surface area contributed by atoms with Crippen molar-refractivity contribution in [1.82, 2.24) is 10.2 Å². The van der Waals surface area contributed by atoms with E-state index >= 15 is 0 Å². The van der Waals surface area contributed by atoms with Gasteiger partial charge in [0.2, 0.25) is 0 Å². The molecule has 0 amide bonds. The zero-order chi connectivity index (χ0) is 15.2. The molecule has 0 aromatic heterocycles. The number of hydrogen-bond acceptors (Lipinski definition) is 3. The molecule has 1 rings (SSSR count). The van der Waals surface area contributed by atoms with Gasteiger partial charge in [-0.3, -0.25) is 0 Å². The van der Waals surface area contributed by atoms with E-state index in [-0.39, 0.29) is 5.54 Å². The molecule has 0 radical (unpaired) electrons. The molecule has 0 saturated carbocycles. The van der Waals surface area contributed by atoms with E-state index in [0.29, 0.717) is 12.6 Å². The Morgan fingerprint density at radius 1 is 1.25 bits per heavy atom. The van der Waals surface area contributed by atoms with Gasteiger partial charge in [0, 0.05) is 11.6 Å². The lowest BCUT2D eigenvalue weighted by molar-refractivity contribution is 0.114. The third-order valence-electron chi connectivity index (χ3n) is 3.92. The van der Waals surface area contributed by atoms with Gasteiger partial charge in [0.15, 0.2) is 0 Å². The summed E-state index contributed by atoms with van der Waals surface area (Å²) in [7, 11) is 4.16. The lowest BCUT2D eigenvalue weighted by atomic mass is 10.0. The van der Waals surface area contributed by atoms with Gasteiger partial charge < -0.3 is 15.0 Å². The predicted molar refractivity (Wildman–Crippen MR) is 86.4 cm³/mol. The largest absolute Gasteiger partial charge is 0.492 e. The summed E-state index contributed by atoms with van der Waals surface area (Å²) < 4.78 is 5.98. The van der Waals surface area contributed by atoms with Crippen LogP contribution in [0.3, 0.4) is 0 Å². The Balaban J connectivity index is 2.73. The summed E-state index contributed by atoms with van der Waals surface area (Å²) in [4.78, 5) is 2.18. The summed E-state index contributed by atoms with van der Waals surface area (Å²) in [6.45, 7) is 10.4. The highest BCUT2D eigenvalue weighted by molar-refractivity contribution is 5.30. The van der Waals surface area contributed by atoms with Gasteiger partial charge in [-0.2, -0.15) is 0 Å². The maximum atomic E-state index is 5.98. The molecular formula is C17H30N2O. The van der Waals surface area contributed by atoms with Gasteiger partial charge in [0.25, 0.3) is 0 Å². The van der Waals surface area contributed by atoms with Crippen LogP contribution < -0.4 is 10.1 Å². The summed E-state index contributed by atoms with van der Waals surface area (Å²) >= 11 is 0. The topological polar surface area (TPSA) is 24.5 Å². The van der Waals surface area contributed by atoms with E-state index in [0.717, 1.165) is 18.7 Å². The Morgan fingerprint density at radius 2 is 1.95 bits per heavy atom. The Kier molecular flexibility index (Phi) is 6.50. The fraction of sp³-hybridized carbons (Fsp3) is 0.647. The fourth-order valence-corrected chi connectivity index (χ4v) is 1.95. The van der Waals surface area contributed by atoms with E-state index in [2.05, 4.69) is 70.2 Å². The van der Waals surface area contributed by atoms with Crippen molar-refractivity contribution in [3.8, 4) is 5.75 Å². The first-order valence-corrected chi connectivity index (χ1v) is 7.54. The van der Waals surface area contributed by atoms with E-state index in [4.69, 9.17) is 4.74 Å². The molecule has 0 saturated heterocycles. The molecule has 0 bridgehead atoms. The molecule has 0 aliphatic carbocycles. The summed E-state index contributed by atoms with van der Waals surface area (Å²) in [5.41, 5.74) is 1.33. The van der Waals surface area contributed by atoms with Gasteiger partial charge in [0.1, 0.15) is 12.4 Å². The standard InChI is InChI=1S/C17H30N2O/c1-7-16(18-8-2)14-10-9-11-15(12-14)20-13-17(3,4)19(5)6/h9-12,16,18H,7-8,13H2,1-6H3. The monoisotopic (exact) mass is 278 g/mol. The van der Waals surface area contributed by atoms with Crippen LogP contribution in [-0.2, 0) is 0 Å². The van der Waals surface area contributed by atoms with Crippen LogP contribution in [0.1, 0.15) is 45.7 Å². The number of benzene rings is 1. The minimum absolute atomic E-state index is 0.0296. The third kappa shape index (κ3) is 4.80. The highest BCUT2D eigenvalue weighted by Gasteiger charge is 2.21. The van der Waals surface area contributed by atoms with E-state index in [9.17, 15) is 0 Å². The molecule has 3 nitrogen and oxygen atoms in total. The van der Waals surface area contributed by atoms with Crippen LogP contribution in [0.25, 0.3) is 0 Å². The molecule has 0 aliphatic rings. The molecule has 1 aromatic rings. The minimum atomic E-state index is 0.0296. The molecule has 3 heteroatoms. The van der Waals surface area contributed by atoms with Gasteiger partial charge in [-0.15, -0.1) is 0 Å². The molecule has 1 atom stereocenters. The average molecular weight is 278 g/mol. The Hall–Kier alpha value is -1.06. The number of likely N-dealkylation sites (N-methyl/N-ethyl adjacent to an activating group) is 1. The van der Waals surface area contributed by atoms with Crippen LogP contribution in [0.2, 0.25) is 0 Å². The average Bonchev–Trinajstić information content (AvgIpc) is 2.43. The lowest BCUT2D eigenvalue weighted by Gasteiger charge is -2.32. The first-order valence-electron chi connectivity index (χ1n) is 7.54. The normalized spacial score (nSPS) is 13.6. The highest BCUT2D eigenvalue weighted by atomic mass is 16.5. The molecule has 0 aliphatic heterocycles. The molecule has 1 N–H and O–H groups in total. The molecule has 20 heavy (non-hydrogen) atoms. The maximum Gasteiger partial charge on any atom is 0.119 e.